The van der Waals surface area contributed by atoms with E-state index in [-0.39, 0.29) is 0 Å². The minimum absolute atomic E-state index is 0.393. The lowest BCUT2D eigenvalue weighted by molar-refractivity contribution is 0.0992. The van der Waals surface area contributed by atoms with Crippen LogP contribution in [0.3, 0.4) is 0 Å². The summed E-state index contributed by atoms with van der Waals surface area (Å²) < 4.78 is 5.94. The third-order valence-corrected chi connectivity index (χ3v) is 6.65. The first-order valence-electron chi connectivity index (χ1n) is 9.54. The van der Waals surface area contributed by atoms with E-state index in [1.54, 1.807) is 11.1 Å². The monoisotopic (exact) mass is 325 g/mol. The molecule has 2 aliphatic carbocycles. The molecule has 4 nitrogen and oxygen atoms in total. The molecule has 1 saturated carbocycles. The van der Waals surface area contributed by atoms with Gasteiger partial charge in [-0.05, 0) is 61.0 Å². The Hall–Kier alpha value is -1.55. The van der Waals surface area contributed by atoms with Gasteiger partial charge in [0.05, 0.1) is 18.2 Å². The number of nitrogens with one attached hydrogen (secondary N) is 2. The van der Waals surface area contributed by atoms with Crippen molar-refractivity contribution in [2.24, 2.45) is 16.8 Å². The van der Waals surface area contributed by atoms with Crippen LogP contribution in [0.25, 0.3) is 0 Å². The summed E-state index contributed by atoms with van der Waals surface area (Å²) in [5.74, 6) is 3.36. The molecule has 4 heteroatoms. The van der Waals surface area contributed by atoms with Gasteiger partial charge in [-0.1, -0.05) is 24.3 Å². The third-order valence-electron chi connectivity index (χ3n) is 6.65. The predicted octanol–water partition coefficient (Wildman–Crippen LogP) is 2.45. The first kappa shape index (κ1) is 14.8. The first-order chi connectivity index (χ1) is 11.8. The van der Waals surface area contributed by atoms with Gasteiger partial charge in [0, 0.05) is 13.6 Å². The van der Waals surface area contributed by atoms with Crippen molar-refractivity contribution in [3.05, 3.63) is 35.4 Å². The quantitative estimate of drug-likeness (QED) is 0.663. The molecule has 0 amide bonds. The van der Waals surface area contributed by atoms with E-state index >= 15 is 0 Å². The summed E-state index contributed by atoms with van der Waals surface area (Å²) in [5, 5.41) is 7.18. The van der Waals surface area contributed by atoms with Crippen molar-refractivity contribution in [2.45, 2.75) is 56.3 Å². The summed E-state index contributed by atoms with van der Waals surface area (Å²) in [6, 6.07) is 9.46. The Bertz CT molecular complexity index is 658. The Morgan fingerprint density at radius 2 is 2.17 bits per heavy atom. The molecule has 4 aliphatic rings. The van der Waals surface area contributed by atoms with E-state index in [0.29, 0.717) is 18.2 Å². The predicted molar refractivity (Wildman–Crippen MR) is 95.3 cm³/mol. The molecule has 0 aromatic heterocycles. The first-order valence-corrected chi connectivity index (χ1v) is 9.54. The normalized spacial score (nSPS) is 39.3. The van der Waals surface area contributed by atoms with E-state index < -0.39 is 0 Å². The molecule has 2 N–H and O–H groups in total. The molecule has 6 unspecified atom stereocenters. The van der Waals surface area contributed by atoms with E-state index in [4.69, 9.17) is 4.74 Å². The molecular weight excluding hydrogens is 298 g/mol. The van der Waals surface area contributed by atoms with Gasteiger partial charge in [-0.25, -0.2) is 0 Å². The molecule has 24 heavy (non-hydrogen) atoms. The largest absolute Gasteiger partial charge is 0.373 e. The number of aliphatic imine (C=N–C) groups is 1. The molecule has 2 saturated heterocycles. The van der Waals surface area contributed by atoms with E-state index in [1.165, 1.54) is 25.7 Å². The molecule has 6 atom stereocenters. The fourth-order valence-electron chi connectivity index (χ4n) is 5.36. The van der Waals surface area contributed by atoms with Crippen molar-refractivity contribution >= 4 is 5.96 Å². The second kappa shape index (κ2) is 5.76. The number of hydrogen-bond donors (Lipinski definition) is 2. The number of benzene rings is 1. The van der Waals surface area contributed by atoms with Gasteiger partial charge in [-0.2, -0.15) is 0 Å². The second-order valence-corrected chi connectivity index (χ2v) is 7.90. The van der Waals surface area contributed by atoms with Crippen LogP contribution in [-0.4, -0.2) is 37.8 Å². The van der Waals surface area contributed by atoms with Crippen molar-refractivity contribution in [1.29, 1.82) is 0 Å². The van der Waals surface area contributed by atoms with Crippen LogP contribution in [0.15, 0.2) is 29.3 Å². The smallest absolute Gasteiger partial charge is 0.191 e. The number of nitrogens with zero attached hydrogens (tertiary/aromatic N) is 1. The molecule has 0 spiro atoms. The molecule has 2 heterocycles. The van der Waals surface area contributed by atoms with Gasteiger partial charge >= 0.3 is 0 Å². The summed E-state index contributed by atoms with van der Waals surface area (Å²) in [4.78, 5) is 4.44. The van der Waals surface area contributed by atoms with Crippen molar-refractivity contribution < 1.29 is 4.74 Å². The highest BCUT2D eigenvalue weighted by molar-refractivity contribution is 5.80. The highest BCUT2D eigenvalue weighted by atomic mass is 16.5. The second-order valence-electron chi connectivity index (χ2n) is 7.90. The lowest BCUT2D eigenvalue weighted by Gasteiger charge is -2.22. The van der Waals surface area contributed by atoms with Crippen LogP contribution >= 0.6 is 0 Å². The number of hydrogen-bond acceptors (Lipinski definition) is 2. The van der Waals surface area contributed by atoms with Gasteiger partial charge < -0.3 is 15.4 Å². The van der Waals surface area contributed by atoms with Crippen LogP contribution in [0.2, 0.25) is 0 Å². The standard InChI is InChI=1S/C20H27N3O/c1-21-20(23-17-10-13-7-9-18(17)24-13)22-11-16-15-8-6-12-4-2-3-5-14(12)19(15)16/h2-5,13,15-19H,6-11H2,1H3,(H2,21,22,23). The van der Waals surface area contributed by atoms with Crippen molar-refractivity contribution in [2.75, 3.05) is 13.6 Å². The Kier molecular flexibility index (Phi) is 3.55. The zero-order valence-corrected chi connectivity index (χ0v) is 14.4. The summed E-state index contributed by atoms with van der Waals surface area (Å²) in [6.45, 7) is 1.03. The van der Waals surface area contributed by atoms with Crippen molar-refractivity contribution in [1.82, 2.24) is 10.6 Å². The Labute approximate surface area is 144 Å². The van der Waals surface area contributed by atoms with Gasteiger partial charge in [0.25, 0.3) is 0 Å². The molecule has 1 aromatic carbocycles. The Balaban J connectivity index is 1.18. The molecule has 2 aliphatic heterocycles. The lowest BCUT2D eigenvalue weighted by Crippen LogP contribution is -2.47. The van der Waals surface area contributed by atoms with Crippen LogP contribution in [0, 0.1) is 11.8 Å². The number of fused-ring (bicyclic) bond motifs is 5. The number of aryl methyl sites for hydroxylation is 1. The Morgan fingerprint density at radius 3 is 2.96 bits per heavy atom. The van der Waals surface area contributed by atoms with Crippen molar-refractivity contribution in [3.8, 4) is 0 Å². The van der Waals surface area contributed by atoms with Gasteiger partial charge in [0.2, 0.25) is 0 Å². The number of rotatable bonds is 3. The molecule has 0 radical (unpaired) electrons. The van der Waals surface area contributed by atoms with Gasteiger partial charge in [-0.3, -0.25) is 4.99 Å². The lowest BCUT2D eigenvalue weighted by atomic mass is 9.92. The van der Waals surface area contributed by atoms with Gasteiger partial charge in [-0.15, -0.1) is 0 Å². The van der Waals surface area contributed by atoms with Crippen LogP contribution in [0.5, 0.6) is 0 Å². The van der Waals surface area contributed by atoms with Crippen LogP contribution in [-0.2, 0) is 11.2 Å². The summed E-state index contributed by atoms with van der Waals surface area (Å²) >= 11 is 0. The molecule has 2 bridgehead atoms. The maximum absolute atomic E-state index is 5.94. The topological polar surface area (TPSA) is 45.7 Å². The SMILES string of the molecule is CN=C(NCC1C2CCc3ccccc3C21)NC1CC2CCC1O2. The minimum atomic E-state index is 0.393. The minimum Gasteiger partial charge on any atom is -0.373 e. The molecule has 5 rings (SSSR count). The summed E-state index contributed by atoms with van der Waals surface area (Å²) in [6.07, 6.45) is 7.04. The molecule has 1 aromatic rings. The van der Waals surface area contributed by atoms with Gasteiger partial charge in [0.15, 0.2) is 5.96 Å². The highest BCUT2D eigenvalue weighted by Gasteiger charge is 2.52. The van der Waals surface area contributed by atoms with Crippen LogP contribution in [0.4, 0.5) is 0 Å². The number of guanidine groups is 1. The van der Waals surface area contributed by atoms with Crippen LogP contribution in [0.1, 0.15) is 42.7 Å². The maximum atomic E-state index is 5.94. The maximum Gasteiger partial charge on any atom is 0.191 e. The molecule has 128 valence electrons. The molecular formula is C20H27N3O. The number of ether oxygens (including phenoxy) is 1. The zero-order chi connectivity index (χ0) is 16.1. The van der Waals surface area contributed by atoms with E-state index in [0.717, 1.165) is 36.7 Å². The fourth-order valence-corrected chi connectivity index (χ4v) is 5.36. The van der Waals surface area contributed by atoms with E-state index in [1.807, 2.05) is 7.05 Å². The average molecular weight is 325 g/mol. The van der Waals surface area contributed by atoms with Crippen LogP contribution < -0.4 is 10.6 Å². The average Bonchev–Trinajstić information content (AvgIpc) is 2.95. The summed E-state index contributed by atoms with van der Waals surface area (Å²) in [7, 11) is 1.87. The zero-order valence-electron chi connectivity index (χ0n) is 14.4. The Morgan fingerprint density at radius 1 is 1.25 bits per heavy atom. The van der Waals surface area contributed by atoms with E-state index in [2.05, 4.69) is 39.9 Å². The molecule has 3 fully saturated rings. The fraction of sp³-hybridized carbons (Fsp3) is 0.650. The van der Waals surface area contributed by atoms with Gasteiger partial charge in [0.1, 0.15) is 0 Å². The third kappa shape index (κ3) is 2.43. The van der Waals surface area contributed by atoms with E-state index in [9.17, 15) is 0 Å². The van der Waals surface area contributed by atoms with Crippen molar-refractivity contribution in [3.63, 3.8) is 0 Å². The highest BCUT2D eigenvalue weighted by Crippen LogP contribution is 2.59. The summed E-state index contributed by atoms with van der Waals surface area (Å²) in [5.41, 5.74) is 3.17.